The Labute approximate surface area is 113 Å². The van der Waals surface area contributed by atoms with Gasteiger partial charge >= 0.3 is 0 Å². The maximum absolute atomic E-state index is 6.06. The zero-order valence-electron chi connectivity index (χ0n) is 8.68. The Morgan fingerprint density at radius 2 is 2.31 bits per heavy atom. The van der Waals surface area contributed by atoms with Crippen LogP contribution < -0.4 is 10.6 Å². The number of halogens is 2. The van der Waals surface area contributed by atoms with Gasteiger partial charge in [-0.15, -0.1) is 0 Å². The number of hydrogen-bond acceptors (Lipinski definition) is 2. The van der Waals surface area contributed by atoms with Crippen molar-refractivity contribution in [3.63, 3.8) is 0 Å². The number of aromatic nitrogens is 1. The quantitative estimate of drug-likeness (QED) is 0.820. The van der Waals surface area contributed by atoms with E-state index in [-0.39, 0.29) is 0 Å². The summed E-state index contributed by atoms with van der Waals surface area (Å²) in [7, 11) is 0. The number of nitrogens with one attached hydrogen (secondary N) is 2. The maximum Gasteiger partial charge on any atom is 0.172 e. The lowest BCUT2D eigenvalue weighted by Crippen LogP contribution is -2.30. The summed E-state index contributed by atoms with van der Waals surface area (Å²) in [6.07, 6.45) is 2.37. The SMILES string of the molecule is Cc1nc(NC(=S)NC2CC2)c(Cl)cc1Br. The van der Waals surface area contributed by atoms with Crippen molar-refractivity contribution < 1.29 is 0 Å². The first-order valence-electron chi connectivity index (χ1n) is 4.96. The lowest BCUT2D eigenvalue weighted by Gasteiger charge is -2.11. The van der Waals surface area contributed by atoms with Crippen LogP contribution in [-0.4, -0.2) is 16.1 Å². The molecule has 0 saturated heterocycles. The van der Waals surface area contributed by atoms with E-state index in [4.69, 9.17) is 23.8 Å². The summed E-state index contributed by atoms with van der Waals surface area (Å²) in [5.41, 5.74) is 0.876. The fourth-order valence-electron chi connectivity index (χ4n) is 1.20. The fraction of sp³-hybridized carbons (Fsp3) is 0.400. The van der Waals surface area contributed by atoms with Crippen LogP contribution in [0.5, 0.6) is 0 Å². The van der Waals surface area contributed by atoms with Gasteiger partial charge in [0.1, 0.15) is 0 Å². The predicted molar refractivity (Wildman–Crippen MR) is 74.1 cm³/mol. The van der Waals surface area contributed by atoms with E-state index in [0.29, 0.717) is 22.0 Å². The van der Waals surface area contributed by atoms with Crippen LogP contribution in [0.25, 0.3) is 0 Å². The summed E-state index contributed by atoms with van der Waals surface area (Å²) in [6.45, 7) is 1.91. The molecule has 1 aromatic rings. The Balaban J connectivity index is 2.07. The summed E-state index contributed by atoms with van der Waals surface area (Å²) in [6, 6.07) is 2.33. The Bertz CT molecular complexity index is 434. The smallest absolute Gasteiger partial charge is 0.172 e. The number of hydrogen-bond donors (Lipinski definition) is 2. The summed E-state index contributed by atoms with van der Waals surface area (Å²) in [4.78, 5) is 4.32. The Kier molecular flexibility index (Phi) is 3.66. The topological polar surface area (TPSA) is 37.0 Å². The molecule has 0 spiro atoms. The zero-order valence-corrected chi connectivity index (χ0v) is 11.8. The van der Waals surface area contributed by atoms with Crippen molar-refractivity contribution in [3.8, 4) is 0 Å². The van der Waals surface area contributed by atoms with Gasteiger partial charge in [-0.1, -0.05) is 11.6 Å². The number of thiocarbonyl (C=S) groups is 1. The maximum atomic E-state index is 6.06. The lowest BCUT2D eigenvalue weighted by molar-refractivity contribution is 0.918. The van der Waals surface area contributed by atoms with Crippen molar-refractivity contribution in [3.05, 3.63) is 21.3 Å². The Morgan fingerprint density at radius 1 is 1.62 bits per heavy atom. The third-order valence-corrected chi connectivity index (χ3v) is 3.56. The lowest BCUT2D eigenvalue weighted by atomic mass is 10.4. The minimum absolute atomic E-state index is 0.523. The van der Waals surface area contributed by atoms with Gasteiger partial charge in [-0.25, -0.2) is 4.98 Å². The molecule has 0 unspecified atom stereocenters. The normalized spacial score (nSPS) is 14.7. The molecule has 0 radical (unpaired) electrons. The summed E-state index contributed by atoms with van der Waals surface area (Å²) < 4.78 is 0.893. The van der Waals surface area contributed by atoms with Gasteiger partial charge in [0.05, 0.1) is 10.7 Å². The number of nitrogens with zero attached hydrogens (tertiary/aromatic N) is 1. The molecule has 1 heterocycles. The van der Waals surface area contributed by atoms with E-state index in [1.165, 1.54) is 12.8 Å². The van der Waals surface area contributed by atoms with Crippen molar-refractivity contribution in [2.75, 3.05) is 5.32 Å². The molecule has 2 N–H and O–H groups in total. The average molecular weight is 321 g/mol. The first-order chi connectivity index (χ1) is 7.56. The molecule has 0 amide bonds. The van der Waals surface area contributed by atoms with Gasteiger partial charge in [-0.2, -0.15) is 0 Å². The van der Waals surface area contributed by atoms with E-state index >= 15 is 0 Å². The van der Waals surface area contributed by atoms with Crippen LogP contribution in [0, 0.1) is 6.92 Å². The van der Waals surface area contributed by atoms with Crippen molar-refractivity contribution >= 4 is 50.7 Å². The third-order valence-electron chi connectivity index (χ3n) is 2.25. The minimum atomic E-state index is 0.523. The van der Waals surface area contributed by atoms with E-state index < -0.39 is 0 Å². The number of aryl methyl sites for hydroxylation is 1. The van der Waals surface area contributed by atoms with Gasteiger partial charge in [0.15, 0.2) is 10.9 Å². The molecular formula is C10H11BrClN3S. The summed E-state index contributed by atoms with van der Waals surface area (Å²) in [5.74, 6) is 0.598. The highest BCUT2D eigenvalue weighted by atomic mass is 79.9. The van der Waals surface area contributed by atoms with Crippen LogP contribution in [0.3, 0.4) is 0 Å². The van der Waals surface area contributed by atoms with Crippen LogP contribution in [0.1, 0.15) is 18.5 Å². The molecule has 3 nitrogen and oxygen atoms in total. The van der Waals surface area contributed by atoms with Crippen molar-refractivity contribution in [1.82, 2.24) is 10.3 Å². The molecule has 1 aromatic heterocycles. The minimum Gasteiger partial charge on any atom is -0.360 e. The molecule has 1 aliphatic carbocycles. The summed E-state index contributed by atoms with van der Waals surface area (Å²) in [5, 5.41) is 7.31. The molecule has 2 rings (SSSR count). The molecule has 0 aliphatic heterocycles. The fourth-order valence-corrected chi connectivity index (χ4v) is 2.11. The van der Waals surface area contributed by atoms with Crippen LogP contribution in [0.2, 0.25) is 5.02 Å². The molecule has 6 heteroatoms. The van der Waals surface area contributed by atoms with Gasteiger partial charge in [0.2, 0.25) is 0 Å². The highest BCUT2D eigenvalue weighted by Gasteiger charge is 2.22. The van der Waals surface area contributed by atoms with E-state index in [2.05, 4.69) is 31.5 Å². The third kappa shape index (κ3) is 3.06. The Hall–Kier alpha value is -0.390. The molecule has 0 bridgehead atoms. The summed E-state index contributed by atoms with van der Waals surface area (Å²) >= 11 is 14.6. The average Bonchev–Trinajstić information content (AvgIpc) is 2.98. The zero-order chi connectivity index (χ0) is 11.7. The first-order valence-corrected chi connectivity index (χ1v) is 6.54. The first kappa shape index (κ1) is 12.1. The van der Waals surface area contributed by atoms with Crippen molar-refractivity contribution in [2.24, 2.45) is 0 Å². The highest BCUT2D eigenvalue weighted by Crippen LogP contribution is 2.26. The molecule has 1 aliphatic rings. The van der Waals surface area contributed by atoms with Crippen LogP contribution in [0.15, 0.2) is 10.5 Å². The number of anilines is 1. The van der Waals surface area contributed by atoms with Gasteiger partial charge in [0, 0.05) is 10.5 Å². The number of pyridine rings is 1. The second kappa shape index (κ2) is 4.85. The van der Waals surface area contributed by atoms with Crippen LogP contribution >= 0.6 is 39.7 Å². The second-order valence-electron chi connectivity index (χ2n) is 3.76. The molecule has 1 saturated carbocycles. The largest absolute Gasteiger partial charge is 0.360 e. The van der Waals surface area contributed by atoms with E-state index in [1.54, 1.807) is 0 Å². The van der Waals surface area contributed by atoms with Crippen LogP contribution in [-0.2, 0) is 0 Å². The second-order valence-corrected chi connectivity index (χ2v) is 5.43. The molecule has 0 atom stereocenters. The van der Waals surface area contributed by atoms with Crippen molar-refractivity contribution in [1.29, 1.82) is 0 Å². The molecular weight excluding hydrogens is 310 g/mol. The monoisotopic (exact) mass is 319 g/mol. The van der Waals surface area contributed by atoms with Crippen LogP contribution in [0.4, 0.5) is 5.82 Å². The molecule has 16 heavy (non-hydrogen) atoms. The van der Waals surface area contributed by atoms with E-state index in [1.807, 2.05) is 13.0 Å². The van der Waals surface area contributed by atoms with Gasteiger partial charge in [-0.05, 0) is 54.0 Å². The van der Waals surface area contributed by atoms with E-state index in [9.17, 15) is 0 Å². The van der Waals surface area contributed by atoms with Gasteiger partial charge in [-0.3, -0.25) is 0 Å². The molecule has 86 valence electrons. The molecule has 0 aromatic carbocycles. The standard InChI is InChI=1S/C10H11BrClN3S/c1-5-7(11)4-8(12)9(13-5)15-10(16)14-6-2-3-6/h4,6H,2-3H2,1H3,(H2,13,14,15,16). The van der Waals surface area contributed by atoms with E-state index in [0.717, 1.165) is 10.2 Å². The molecule has 1 fully saturated rings. The van der Waals surface area contributed by atoms with Gasteiger partial charge in [0.25, 0.3) is 0 Å². The van der Waals surface area contributed by atoms with Gasteiger partial charge < -0.3 is 10.6 Å². The predicted octanol–water partition coefficient (Wildman–Crippen LogP) is 3.25. The highest BCUT2D eigenvalue weighted by molar-refractivity contribution is 9.10. The van der Waals surface area contributed by atoms with Crippen molar-refractivity contribution in [2.45, 2.75) is 25.8 Å². The number of rotatable bonds is 2. The Morgan fingerprint density at radius 3 is 2.94 bits per heavy atom.